The lowest BCUT2D eigenvalue weighted by Crippen LogP contribution is -1.97. The quantitative estimate of drug-likeness (QED) is 0.507. The number of oxime groups is 1. The Hall–Kier alpha value is -2.27. The molecule has 0 atom stereocenters. The second kappa shape index (κ2) is 4.93. The van der Waals surface area contributed by atoms with E-state index in [-0.39, 0.29) is 10.6 Å². The van der Waals surface area contributed by atoms with Crippen molar-refractivity contribution < 1.29 is 19.5 Å². The van der Waals surface area contributed by atoms with Crippen molar-refractivity contribution in [3.8, 4) is 11.3 Å². The third-order valence-electron chi connectivity index (χ3n) is 2.29. The largest absolute Gasteiger partial charge is 0.478 e. The molecule has 1 heterocycles. The minimum absolute atomic E-state index is 0.00272. The lowest BCUT2D eigenvalue weighted by Gasteiger charge is -2.01. The van der Waals surface area contributed by atoms with Gasteiger partial charge in [0, 0.05) is 5.56 Å². The molecule has 5 nitrogen and oxygen atoms in total. The van der Waals surface area contributed by atoms with Crippen molar-refractivity contribution in [2.75, 3.05) is 0 Å². The lowest BCUT2D eigenvalue weighted by molar-refractivity contribution is 0.0697. The Balaban J connectivity index is 2.44. The molecule has 92 valence electrons. The molecular weight excluding hydrogens is 258 g/mol. The van der Waals surface area contributed by atoms with Gasteiger partial charge in [0.15, 0.2) is 0 Å². The standard InChI is InChI=1S/C12H8ClNO4/c13-10-3-1-7(5-9(10)12(15)16)11-4-2-8(18-11)6-14-17/h1-6,17H,(H,15,16)/b14-6+. The van der Waals surface area contributed by atoms with Gasteiger partial charge in [0.05, 0.1) is 10.6 Å². The van der Waals surface area contributed by atoms with Crippen LogP contribution < -0.4 is 0 Å². The maximum Gasteiger partial charge on any atom is 0.337 e. The summed E-state index contributed by atoms with van der Waals surface area (Å²) in [7, 11) is 0. The summed E-state index contributed by atoms with van der Waals surface area (Å²) < 4.78 is 5.34. The van der Waals surface area contributed by atoms with Crippen LogP contribution in [-0.4, -0.2) is 22.5 Å². The molecule has 0 aliphatic rings. The van der Waals surface area contributed by atoms with Crippen LogP contribution in [0.25, 0.3) is 11.3 Å². The molecule has 0 aliphatic heterocycles. The average Bonchev–Trinajstić information content (AvgIpc) is 2.78. The number of nitrogens with zero attached hydrogens (tertiary/aromatic N) is 1. The second-order valence-corrected chi connectivity index (χ2v) is 3.85. The summed E-state index contributed by atoms with van der Waals surface area (Å²) in [6.07, 6.45) is 1.14. The Labute approximate surface area is 107 Å². The van der Waals surface area contributed by atoms with Crippen molar-refractivity contribution in [2.45, 2.75) is 0 Å². The molecule has 0 saturated carbocycles. The number of furan rings is 1. The van der Waals surface area contributed by atoms with Gasteiger partial charge in [0.1, 0.15) is 17.7 Å². The third-order valence-corrected chi connectivity index (χ3v) is 2.62. The van der Waals surface area contributed by atoms with Crippen molar-refractivity contribution in [3.05, 3.63) is 46.7 Å². The Bertz CT molecular complexity index is 618. The molecular formula is C12H8ClNO4. The Morgan fingerprint density at radius 2 is 2.11 bits per heavy atom. The minimum atomic E-state index is -1.11. The number of hydrogen-bond donors (Lipinski definition) is 2. The number of benzene rings is 1. The highest BCUT2D eigenvalue weighted by Gasteiger charge is 2.12. The van der Waals surface area contributed by atoms with Crippen LogP contribution in [0.1, 0.15) is 16.1 Å². The topological polar surface area (TPSA) is 83.0 Å². The van der Waals surface area contributed by atoms with Crippen LogP contribution in [0.4, 0.5) is 0 Å². The van der Waals surface area contributed by atoms with Gasteiger partial charge in [-0.2, -0.15) is 0 Å². The van der Waals surface area contributed by atoms with E-state index in [0.29, 0.717) is 17.1 Å². The van der Waals surface area contributed by atoms with Gasteiger partial charge in [0.2, 0.25) is 0 Å². The van der Waals surface area contributed by atoms with Crippen LogP contribution in [0.15, 0.2) is 39.9 Å². The van der Waals surface area contributed by atoms with Crippen molar-refractivity contribution in [3.63, 3.8) is 0 Å². The molecule has 18 heavy (non-hydrogen) atoms. The molecule has 0 spiro atoms. The van der Waals surface area contributed by atoms with E-state index < -0.39 is 5.97 Å². The van der Waals surface area contributed by atoms with Gasteiger partial charge < -0.3 is 14.7 Å². The summed E-state index contributed by atoms with van der Waals surface area (Å²) >= 11 is 5.77. The zero-order valence-electron chi connectivity index (χ0n) is 9.00. The molecule has 2 N–H and O–H groups in total. The smallest absolute Gasteiger partial charge is 0.337 e. The van der Waals surface area contributed by atoms with E-state index in [4.69, 9.17) is 26.3 Å². The van der Waals surface area contributed by atoms with Gasteiger partial charge >= 0.3 is 5.97 Å². The number of hydrogen-bond acceptors (Lipinski definition) is 4. The van der Waals surface area contributed by atoms with Crippen molar-refractivity contribution in [1.82, 2.24) is 0 Å². The first-order chi connectivity index (χ1) is 8.61. The summed E-state index contributed by atoms with van der Waals surface area (Å²) in [5.74, 6) is -0.283. The van der Waals surface area contributed by atoms with E-state index in [0.717, 1.165) is 6.21 Å². The highest BCUT2D eigenvalue weighted by molar-refractivity contribution is 6.33. The molecule has 0 amide bonds. The van der Waals surface area contributed by atoms with Crippen LogP contribution in [-0.2, 0) is 0 Å². The number of aromatic carboxylic acids is 1. The molecule has 0 fully saturated rings. The van der Waals surface area contributed by atoms with E-state index in [2.05, 4.69) is 5.16 Å². The molecule has 0 unspecified atom stereocenters. The third kappa shape index (κ3) is 2.36. The molecule has 0 saturated heterocycles. The van der Waals surface area contributed by atoms with Crippen molar-refractivity contribution in [2.24, 2.45) is 5.16 Å². The van der Waals surface area contributed by atoms with E-state index in [1.165, 1.54) is 12.1 Å². The van der Waals surface area contributed by atoms with Crippen molar-refractivity contribution >= 4 is 23.8 Å². The monoisotopic (exact) mass is 265 g/mol. The van der Waals surface area contributed by atoms with Gasteiger partial charge in [-0.3, -0.25) is 0 Å². The van der Waals surface area contributed by atoms with Crippen LogP contribution in [0.2, 0.25) is 5.02 Å². The first-order valence-electron chi connectivity index (χ1n) is 4.92. The van der Waals surface area contributed by atoms with Gasteiger partial charge in [-0.1, -0.05) is 16.8 Å². The fourth-order valence-electron chi connectivity index (χ4n) is 1.48. The van der Waals surface area contributed by atoms with Gasteiger partial charge in [0.25, 0.3) is 0 Å². The van der Waals surface area contributed by atoms with Crippen molar-refractivity contribution in [1.29, 1.82) is 0 Å². The minimum Gasteiger partial charge on any atom is -0.478 e. The average molecular weight is 266 g/mol. The second-order valence-electron chi connectivity index (χ2n) is 3.45. The fourth-order valence-corrected chi connectivity index (χ4v) is 1.68. The molecule has 0 aliphatic carbocycles. The predicted molar refractivity (Wildman–Crippen MR) is 65.5 cm³/mol. The molecule has 2 aromatic rings. The highest BCUT2D eigenvalue weighted by atomic mass is 35.5. The SMILES string of the molecule is O=C(O)c1cc(-c2ccc(/C=N/O)o2)ccc1Cl. The summed E-state index contributed by atoms with van der Waals surface area (Å²) in [6, 6.07) is 7.80. The van der Waals surface area contributed by atoms with Gasteiger partial charge in [-0.05, 0) is 30.3 Å². The summed E-state index contributed by atoms with van der Waals surface area (Å²) in [5.41, 5.74) is 0.581. The van der Waals surface area contributed by atoms with E-state index in [1.807, 2.05) is 0 Å². The zero-order valence-corrected chi connectivity index (χ0v) is 9.76. The van der Waals surface area contributed by atoms with Crippen LogP contribution in [0, 0.1) is 0 Å². The van der Waals surface area contributed by atoms with Gasteiger partial charge in [-0.25, -0.2) is 4.79 Å². The Morgan fingerprint density at radius 1 is 1.33 bits per heavy atom. The first-order valence-corrected chi connectivity index (χ1v) is 5.30. The lowest BCUT2D eigenvalue weighted by atomic mass is 10.1. The van der Waals surface area contributed by atoms with Crippen LogP contribution in [0.3, 0.4) is 0 Å². The zero-order chi connectivity index (χ0) is 13.1. The molecule has 2 rings (SSSR count). The maximum atomic E-state index is 10.9. The summed E-state index contributed by atoms with van der Waals surface area (Å²) in [6.45, 7) is 0. The molecule has 1 aromatic heterocycles. The normalized spacial score (nSPS) is 10.9. The number of carboxylic acids is 1. The molecule has 1 aromatic carbocycles. The molecule has 6 heteroatoms. The Kier molecular flexibility index (Phi) is 3.34. The maximum absolute atomic E-state index is 10.9. The predicted octanol–water partition coefficient (Wildman–Crippen LogP) is 3.11. The molecule has 0 radical (unpaired) electrons. The van der Waals surface area contributed by atoms with Crippen LogP contribution in [0.5, 0.6) is 0 Å². The molecule has 0 bridgehead atoms. The number of halogens is 1. The fraction of sp³-hybridized carbons (Fsp3) is 0. The summed E-state index contributed by atoms with van der Waals surface area (Å²) in [5, 5.41) is 20.3. The van der Waals surface area contributed by atoms with Crippen LogP contribution >= 0.6 is 11.6 Å². The van der Waals surface area contributed by atoms with E-state index in [9.17, 15) is 4.79 Å². The van der Waals surface area contributed by atoms with E-state index in [1.54, 1.807) is 18.2 Å². The number of carboxylic acid groups (broad SMARTS) is 1. The summed E-state index contributed by atoms with van der Waals surface area (Å²) in [4.78, 5) is 10.9. The Morgan fingerprint density at radius 3 is 2.78 bits per heavy atom. The van der Waals surface area contributed by atoms with E-state index >= 15 is 0 Å². The first kappa shape index (κ1) is 12.2. The van der Waals surface area contributed by atoms with Gasteiger partial charge in [-0.15, -0.1) is 0 Å². The number of rotatable bonds is 3. The number of carbonyl (C=O) groups is 1. The highest BCUT2D eigenvalue weighted by Crippen LogP contribution is 2.26.